The van der Waals surface area contributed by atoms with Crippen LogP contribution in [0.5, 0.6) is 0 Å². The molecule has 2 aliphatic carbocycles. The van der Waals surface area contributed by atoms with Gasteiger partial charge in [0.1, 0.15) is 6.10 Å². The zero-order valence-corrected chi connectivity index (χ0v) is 11.2. The highest BCUT2D eigenvalue weighted by Crippen LogP contribution is 2.54. The van der Waals surface area contributed by atoms with Gasteiger partial charge in [0, 0.05) is 11.8 Å². The van der Waals surface area contributed by atoms with Crippen molar-refractivity contribution in [1.29, 1.82) is 0 Å². The second-order valence-electron chi connectivity index (χ2n) is 6.58. The lowest BCUT2D eigenvalue weighted by molar-refractivity contribution is -0.149. The van der Waals surface area contributed by atoms with Crippen LogP contribution in [0.1, 0.15) is 39.5 Å². The summed E-state index contributed by atoms with van der Waals surface area (Å²) in [6.07, 6.45) is 3.61. The van der Waals surface area contributed by atoms with E-state index in [4.69, 9.17) is 4.74 Å². The monoisotopic (exact) mass is 250 g/mol. The van der Waals surface area contributed by atoms with Gasteiger partial charge in [0.2, 0.25) is 0 Å². The average Bonchev–Trinajstić information content (AvgIpc) is 2.69. The maximum atomic E-state index is 11.8. The van der Waals surface area contributed by atoms with Crippen LogP contribution in [-0.4, -0.2) is 22.8 Å². The molecule has 0 aromatic heterocycles. The Morgan fingerprint density at radius 1 is 1.44 bits per heavy atom. The van der Waals surface area contributed by atoms with Gasteiger partial charge in [-0.3, -0.25) is 4.79 Å². The van der Waals surface area contributed by atoms with Crippen LogP contribution in [0, 0.1) is 23.7 Å². The number of carbonyl (C=O) groups is 1. The second-order valence-corrected chi connectivity index (χ2v) is 6.58. The molecule has 3 heteroatoms. The highest BCUT2D eigenvalue weighted by molar-refractivity contribution is 5.75. The van der Waals surface area contributed by atoms with Gasteiger partial charge in [-0.25, -0.2) is 0 Å². The fourth-order valence-corrected chi connectivity index (χ4v) is 4.35. The molecule has 100 valence electrons. The van der Waals surface area contributed by atoms with E-state index in [0.717, 1.165) is 25.7 Å². The molecule has 2 saturated carbocycles. The van der Waals surface area contributed by atoms with Crippen molar-refractivity contribution in [3.63, 3.8) is 0 Å². The van der Waals surface area contributed by atoms with Gasteiger partial charge < -0.3 is 9.84 Å². The van der Waals surface area contributed by atoms with Gasteiger partial charge in [-0.15, -0.1) is 0 Å². The Morgan fingerprint density at radius 3 is 2.89 bits per heavy atom. The minimum atomic E-state index is -0.717. The van der Waals surface area contributed by atoms with Crippen molar-refractivity contribution in [1.82, 2.24) is 0 Å². The Morgan fingerprint density at radius 2 is 2.17 bits per heavy atom. The van der Waals surface area contributed by atoms with Crippen LogP contribution in [-0.2, 0) is 9.53 Å². The van der Waals surface area contributed by atoms with E-state index in [1.807, 2.05) is 13.8 Å². The molecule has 0 aromatic rings. The lowest BCUT2D eigenvalue weighted by Crippen LogP contribution is -2.42. The normalized spacial score (nSPS) is 51.6. The van der Waals surface area contributed by atoms with E-state index in [0.29, 0.717) is 5.92 Å². The number of carbonyl (C=O) groups excluding carboxylic acids is 1. The number of ether oxygens (including phenoxy) is 1. The summed E-state index contributed by atoms with van der Waals surface area (Å²) in [5, 5.41) is 10.6. The molecule has 3 aliphatic rings. The van der Waals surface area contributed by atoms with Crippen LogP contribution in [0.25, 0.3) is 0 Å². The van der Waals surface area contributed by atoms with Crippen molar-refractivity contribution in [2.24, 2.45) is 23.7 Å². The third-order valence-corrected chi connectivity index (χ3v) is 5.48. The predicted molar refractivity (Wildman–Crippen MR) is 67.7 cm³/mol. The minimum Gasteiger partial charge on any atom is -0.461 e. The van der Waals surface area contributed by atoms with E-state index in [9.17, 15) is 9.90 Å². The van der Waals surface area contributed by atoms with E-state index < -0.39 is 5.60 Å². The predicted octanol–water partition coefficient (Wildman–Crippen LogP) is 2.29. The zero-order chi connectivity index (χ0) is 13.1. The van der Waals surface area contributed by atoms with Crippen molar-refractivity contribution in [2.75, 3.05) is 0 Å². The Labute approximate surface area is 108 Å². The molecule has 1 heterocycles. The number of fused-ring (bicyclic) bond motifs is 3. The molecule has 1 aliphatic heterocycles. The van der Waals surface area contributed by atoms with E-state index in [1.54, 1.807) is 0 Å². The SMILES string of the molecule is C=C1CCC2C(C)C(=O)OC2C2C1CCC2(C)O. The van der Waals surface area contributed by atoms with Gasteiger partial charge in [0.05, 0.1) is 11.5 Å². The Balaban J connectivity index is 1.99. The van der Waals surface area contributed by atoms with Crippen molar-refractivity contribution < 1.29 is 14.6 Å². The average molecular weight is 250 g/mol. The number of hydrogen-bond acceptors (Lipinski definition) is 3. The molecule has 1 saturated heterocycles. The number of allylic oxidation sites excluding steroid dienone is 1. The molecule has 3 fully saturated rings. The number of aliphatic hydroxyl groups is 1. The first-order valence-electron chi connectivity index (χ1n) is 7.02. The summed E-state index contributed by atoms with van der Waals surface area (Å²) in [4.78, 5) is 11.8. The van der Waals surface area contributed by atoms with Gasteiger partial charge >= 0.3 is 5.97 Å². The summed E-state index contributed by atoms with van der Waals surface area (Å²) >= 11 is 0. The molecule has 0 radical (unpaired) electrons. The van der Waals surface area contributed by atoms with Crippen LogP contribution < -0.4 is 0 Å². The number of rotatable bonds is 0. The van der Waals surface area contributed by atoms with Crippen LogP contribution >= 0.6 is 0 Å². The molecular weight excluding hydrogens is 228 g/mol. The minimum absolute atomic E-state index is 0.0297. The van der Waals surface area contributed by atoms with E-state index in [2.05, 4.69) is 6.58 Å². The first-order chi connectivity index (χ1) is 8.42. The van der Waals surface area contributed by atoms with E-state index in [1.165, 1.54) is 5.57 Å². The largest absolute Gasteiger partial charge is 0.461 e. The topological polar surface area (TPSA) is 46.5 Å². The summed E-state index contributed by atoms with van der Waals surface area (Å²) in [6.45, 7) is 8.05. The molecule has 0 amide bonds. The van der Waals surface area contributed by atoms with Gasteiger partial charge in [-0.2, -0.15) is 0 Å². The maximum Gasteiger partial charge on any atom is 0.309 e. The molecule has 3 nitrogen and oxygen atoms in total. The standard InChI is InChI=1S/C15H22O3/c1-8-4-5-11-9(2)14(16)18-13(11)12-10(8)6-7-15(12,3)17/h9-13,17H,1,4-7H2,2-3H3. The summed E-state index contributed by atoms with van der Waals surface area (Å²) < 4.78 is 5.62. The molecule has 18 heavy (non-hydrogen) atoms. The Bertz CT molecular complexity index is 399. The molecule has 6 atom stereocenters. The highest BCUT2D eigenvalue weighted by Gasteiger charge is 2.57. The fourth-order valence-electron chi connectivity index (χ4n) is 4.35. The van der Waals surface area contributed by atoms with Crippen LogP contribution in [0.3, 0.4) is 0 Å². The van der Waals surface area contributed by atoms with Gasteiger partial charge in [-0.05, 0) is 38.5 Å². The fraction of sp³-hybridized carbons (Fsp3) is 0.800. The molecule has 0 aromatic carbocycles. The molecule has 0 bridgehead atoms. The maximum absolute atomic E-state index is 11.8. The van der Waals surface area contributed by atoms with Crippen molar-refractivity contribution >= 4 is 5.97 Å². The summed E-state index contributed by atoms with van der Waals surface area (Å²) in [5.74, 6) is 0.519. The highest BCUT2D eigenvalue weighted by atomic mass is 16.6. The second kappa shape index (κ2) is 3.83. The molecule has 6 unspecified atom stereocenters. The lowest BCUT2D eigenvalue weighted by Gasteiger charge is -2.34. The van der Waals surface area contributed by atoms with E-state index in [-0.39, 0.29) is 29.8 Å². The Hall–Kier alpha value is -0.830. The lowest BCUT2D eigenvalue weighted by atomic mass is 9.76. The Kier molecular flexibility index (Phi) is 2.60. The summed E-state index contributed by atoms with van der Waals surface area (Å²) in [7, 11) is 0. The van der Waals surface area contributed by atoms with Gasteiger partial charge in [-0.1, -0.05) is 19.1 Å². The zero-order valence-electron chi connectivity index (χ0n) is 11.2. The van der Waals surface area contributed by atoms with Crippen LogP contribution in [0.15, 0.2) is 12.2 Å². The van der Waals surface area contributed by atoms with Gasteiger partial charge in [0.15, 0.2) is 0 Å². The van der Waals surface area contributed by atoms with Crippen molar-refractivity contribution in [2.45, 2.75) is 51.2 Å². The molecular formula is C15H22O3. The van der Waals surface area contributed by atoms with Crippen LogP contribution in [0.2, 0.25) is 0 Å². The first-order valence-corrected chi connectivity index (χ1v) is 7.02. The molecule has 0 spiro atoms. The first kappa shape index (κ1) is 12.2. The van der Waals surface area contributed by atoms with Crippen molar-refractivity contribution in [3.05, 3.63) is 12.2 Å². The molecule has 3 rings (SSSR count). The van der Waals surface area contributed by atoms with Crippen molar-refractivity contribution in [3.8, 4) is 0 Å². The number of esters is 1. The summed E-state index contributed by atoms with van der Waals surface area (Å²) in [6, 6.07) is 0. The smallest absolute Gasteiger partial charge is 0.309 e. The van der Waals surface area contributed by atoms with E-state index >= 15 is 0 Å². The third kappa shape index (κ3) is 1.56. The van der Waals surface area contributed by atoms with Crippen LogP contribution in [0.4, 0.5) is 0 Å². The third-order valence-electron chi connectivity index (χ3n) is 5.48. The quantitative estimate of drug-likeness (QED) is 0.530. The number of hydrogen-bond donors (Lipinski definition) is 1. The molecule has 1 N–H and O–H groups in total. The van der Waals surface area contributed by atoms with Gasteiger partial charge in [0.25, 0.3) is 0 Å². The summed E-state index contributed by atoms with van der Waals surface area (Å²) in [5.41, 5.74) is 0.529.